The van der Waals surface area contributed by atoms with E-state index in [9.17, 15) is 4.79 Å². The highest BCUT2D eigenvalue weighted by molar-refractivity contribution is 5.94. The van der Waals surface area contributed by atoms with Crippen LogP contribution in [0.15, 0.2) is 24.3 Å². The van der Waals surface area contributed by atoms with Crippen molar-refractivity contribution < 1.29 is 9.53 Å². The molecule has 0 spiro atoms. The second-order valence-corrected chi connectivity index (χ2v) is 7.02. The van der Waals surface area contributed by atoms with E-state index in [-0.39, 0.29) is 11.9 Å². The molecule has 2 fully saturated rings. The number of hydrogen-bond acceptors (Lipinski definition) is 4. The minimum atomic E-state index is -0.0754. The van der Waals surface area contributed by atoms with Crippen molar-refractivity contribution in [2.45, 2.75) is 56.9 Å². The molecule has 0 unspecified atom stereocenters. The summed E-state index contributed by atoms with van der Waals surface area (Å²) in [4.78, 5) is 12.8. The molecule has 1 aromatic carbocycles. The van der Waals surface area contributed by atoms with Crippen molar-refractivity contribution in [3.8, 4) is 11.4 Å². The number of carbonyl (C=O) groups excluding carboxylic acids is 1. The van der Waals surface area contributed by atoms with E-state index in [4.69, 9.17) is 4.74 Å². The van der Waals surface area contributed by atoms with E-state index in [0.29, 0.717) is 11.6 Å². The van der Waals surface area contributed by atoms with Gasteiger partial charge < -0.3 is 10.1 Å². The Labute approximate surface area is 147 Å². The molecule has 6 nitrogen and oxygen atoms in total. The Bertz CT molecular complexity index is 743. The molecule has 1 heterocycles. The maximum absolute atomic E-state index is 12.8. The molecule has 1 aromatic heterocycles. The number of hydrogen-bond donors (Lipinski definition) is 1. The number of amides is 1. The number of nitrogens with one attached hydrogen (secondary N) is 1. The molecule has 132 valence electrons. The van der Waals surface area contributed by atoms with E-state index < -0.39 is 0 Å². The highest BCUT2D eigenvalue weighted by Crippen LogP contribution is 2.42. The fraction of sp³-hybridized carbons (Fsp3) is 0.526. The summed E-state index contributed by atoms with van der Waals surface area (Å²) in [7, 11) is 1.65. The van der Waals surface area contributed by atoms with E-state index in [1.807, 2.05) is 28.9 Å². The minimum Gasteiger partial charge on any atom is -0.497 e. The van der Waals surface area contributed by atoms with Crippen molar-refractivity contribution in [2.24, 2.45) is 0 Å². The molecule has 6 heteroatoms. The topological polar surface area (TPSA) is 69.0 Å². The van der Waals surface area contributed by atoms with Crippen LogP contribution in [-0.4, -0.2) is 34.1 Å². The first-order valence-electron chi connectivity index (χ1n) is 9.17. The highest BCUT2D eigenvalue weighted by Gasteiger charge is 2.34. The van der Waals surface area contributed by atoms with Gasteiger partial charge in [0.15, 0.2) is 5.69 Å². The van der Waals surface area contributed by atoms with Gasteiger partial charge in [-0.25, -0.2) is 4.68 Å². The average Bonchev–Trinajstić information content (AvgIpc) is 3.40. The summed E-state index contributed by atoms with van der Waals surface area (Å²) >= 11 is 0. The normalized spacial score (nSPS) is 18.1. The molecule has 2 aliphatic carbocycles. The number of carbonyl (C=O) groups is 1. The quantitative estimate of drug-likeness (QED) is 0.907. The molecule has 1 amide bonds. The summed E-state index contributed by atoms with van der Waals surface area (Å²) in [5, 5.41) is 11.7. The van der Waals surface area contributed by atoms with E-state index >= 15 is 0 Å². The Balaban J connectivity index is 1.60. The number of ether oxygens (including phenoxy) is 1. The summed E-state index contributed by atoms with van der Waals surface area (Å²) in [5.74, 6) is 1.10. The largest absolute Gasteiger partial charge is 0.497 e. The van der Waals surface area contributed by atoms with Crippen LogP contribution in [0.4, 0.5) is 0 Å². The SMILES string of the molecule is COc1ccc(-n2nnc(C(=O)NC3CCCCC3)c2C2CC2)cc1. The predicted molar refractivity (Wildman–Crippen MR) is 94.2 cm³/mol. The van der Waals surface area contributed by atoms with Gasteiger partial charge in [0, 0.05) is 12.0 Å². The van der Waals surface area contributed by atoms with Crippen LogP contribution in [-0.2, 0) is 0 Å². The zero-order chi connectivity index (χ0) is 17.2. The van der Waals surface area contributed by atoms with Gasteiger partial charge >= 0.3 is 0 Å². The van der Waals surface area contributed by atoms with Gasteiger partial charge in [-0.05, 0) is 49.9 Å². The van der Waals surface area contributed by atoms with Gasteiger partial charge in [-0.3, -0.25) is 4.79 Å². The fourth-order valence-electron chi connectivity index (χ4n) is 3.59. The third-order valence-corrected chi connectivity index (χ3v) is 5.14. The number of methoxy groups -OCH3 is 1. The maximum atomic E-state index is 12.8. The van der Waals surface area contributed by atoms with Gasteiger partial charge in [0.2, 0.25) is 0 Å². The molecule has 2 aromatic rings. The summed E-state index contributed by atoms with van der Waals surface area (Å²) in [6.45, 7) is 0. The van der Waals surface area contributed by atoms with Crippen molar-refractivity contribution in [1.29, 1.82) is 0 Å². The van der Waals surface area contributed by atoms with Crippen LogP contribution in [0, 0.1) is 0 Å². The zero-order valence-electron chi connectivity index (χ0n) is 14.6. The standard InChI is InChI=1S/C19H24N4O2/c1-25-16-11-9-15(10-12-16)23-18(13-7-8-13)17(21-22-23)19(24)20-14-5-3-2-4-6-14/h9-14H,2-8H2,1H3,(H,20,24). The Hall–Kier alpha value is -2.37. The number of benzene rings is 1. The molecular formula is C19H24N4O2. The van der Waals surface area contributed by atoms with Gasteiger partial charge in [0.25, 0.3) is 5.91 Å². The average molecular weight is 340 g/mol. The molecule has 2 aliphatic rings. The summed E-state index contributed by atoms with van der Waals surface area (Å²) in [6, 6.07) is 7.97. The minimum absolute atomic E-state index is 0.0754. The first-order chi connectivity index (χ1) is 12.3. The Morgan fingerprint density at radius 1 is 1.12 bits per heavy atom. The molecule has 0 radical (unpaired) electrons. The van der Waals surface area contributed by atoms with Gasteiger partial charge in [0.05, 0.1) is 18.5 Å². The number of rotatable bonds is 5. The summed E-state index contributed by atoms with van der Waals surface area (Å²) in [5.41, 5.74) is 2.34. The lowest BCUT2D eigenvalue weighted by molar-refractivity contribution is 0.0921. The van der Waals surface area contributed by atoms with Gasteiger partial charge in [-0.1, -0.05) is 24.5 Å². The Morgan fingerprint density at radius 3 is 2.48 bits per heavy atom. The lowest BCUT2D eigenvalue weighted by Crippen LogP contribution is -2.36. The fourth-order valence-corrected chi connectivity index (χ4v) is 3.59. The smallest absolute Gasteiger partial charge is 0.274 e. The Morgan fingerprint density at radius 2 is 1.84 bits per heavy atom. The molecule has 0 atom stereocenters. The first kappa shape index (κ1) is 16.1. The van der Waals surface area contributed by atoms with Crippen molar-refractivity contribution >= 4 is 5.91 Å². The van der Waals surface area contributed by atoms with Crippen LogP contribution < -0.4 is 10.1 Å². The van der Waals surface area contributed by atoms with E-state index in [1.165, 1.54) is 19.3 Å². The lowest BCUT2D eigenvalue weighted by Gasteiger charge is -2.22. The predicted octanol–water partition coefficient (Wildman–Crippen LogP) is 3.22. The van der Waals surface area contributed by atoms with E-state index in [0.717, 1.165) is 42.8 Å². The molecule has 0 aliphatic heterocycles. The molecule has 0 bridgehead atoms. The third kappa shape index (κ3) is 3.38. The highest BCUT2D eigenvalue weighted by atomic mass is 16.5. The molecule has 1 N–H and O–H groups in total. The van der Waals surface area contributed by atoms with Crippen LogP contribution in [0.2, 0.25) is 0 Å². The molecule has 25 heavy (non-hydrogen) atoms. The summed E-state index contributed by atoms with van der Waals surface area (Å²) < 4.78 is 7.03. The van der Waals surface area contributed by atoms with E-state index in [1.54, 1.807) is 7.11 Å². The lowest BCUT2D eigenvalue weighted by atomic mass is 9.95. The Kier molecular flexibility index (Phi) is 4.42. The van der Waals surface area contributed by atoms with Gasteiger partial charge in [-0.2, -0.15) is 0 Å². The number of nitrogens with zero attached hydrogens (tertiary/aromatic N) is 3. The maximum Gasteiger partial charge on any atom is 0.274 e. The van der Waals surface area contributed by atoms with Crippen LogP contribution >= 0.6 is 0 Å². The van der Waals surface area contributed by atoms with E-state index in [2.05, 4.69) is 15.6 Å². The van der Waals surface area contributed by atoms with Crippen LogP contribution in [0.3, 0.4) is 0 Å². The van der Waals surface area contributed by atoms with Crippen LogP contribution in [0.5, 0.6) is 5.75 Å². The zero-order valence-corrected chi connectivity index (χ0v) is 14.6. The van der Waals surface area contributed by atoms with Crippen molar-refractivity contribution in [2.75, 3.05) is 7.11 Å². The van der Waals surface area contributed by atoms with Crippen molar-refractivity contribution in [3.05, 3.63) is 35.7 Å². The molecular weight excluding hydrogens is 316 g/mol. The van der Waals surface area contributed by atoms with Crippen LogP contribution in [0.1, 0.15) is 67.0 Å². The van der Waals surface area contributed by atoms with Crippen molar-refractivity contribution in [1.82, 2.24) is 20.3 Å². The van der Waals surface area contributed by atoms with Crippen LogP contribution in [0.25, 0.3) is 5.69 Å². The monoisotopic (exact) mass is 340 g/mol. The molecule has 4 rings (SSSR count). The molecule has 2 saturated carbocycles. The van der Waals surface area contributed by atoms with Gasteiger partial charge in [-0.15, -0.1) is 5.10 Å². The second kappa shape index (κ2) is 6.86. The number of aromatic nitrogens is 3. The third-order valence-electron chi connectivity index (χ3n) is 5.14. The second-order valence-electron chi connectivity index (χ2n) is 7.02. The molecule has 0 saturated heterocycles. The van der Waals surface area contributed by atoms with Gasteiger partial charge in [0.1, 0.15) is 5.75 Å². The summed E-state index contributed by atoms with van der Waals surface area (Å²) in [6.07, 6.45) is 7.97. The first-order valence-corrected chi connectivity index (χ1v) is 9.17. The van der Waals surface area contributed by atoms with Crippen molar-refractivity contribution in [3.63, 3.8) is 0 Å².